The highest BCUT2D eigenvalue weighted by Crippen LogP contribution is 2.22. The lowest BCUT2D eigenvalue weighted by Crippen LogP contribution is -2.35. The number of amides is 1. The smallest absolute Gasteiger partial charge is 0.343 e. The Labute approximate surface area is 172 Å². The van der Waals surface area contributed by atoms with Crippen molar-refractivity contribution >= 4 is 34.8 Å². The Morgan fingerprint density at radius 1 is 1.25 bits per heavy atom. The number of hydrogen-bond donors (Lipinski definition) is 1. The Kier molecular flexibility index (Phi) is 6.49. The van der Waals surface area contributed by atoms with Gasteiger partial charge in [0.1, 0.15) is 10.7 Å². The van der Waals surface area contributed by atoms with E-state index >= 15 is 0 Å². The second-order valence-corrected chi connectivity index (χ2v) is 7.63. The number of carbonyl (C=O) groups excluding carboxylic acids is 2. The summed E-state index contributed by atoms with van der Waals surface area (Å²) in [6.07, 6.45) is -0.944. The highest BCUT2D eigenvalue weighted by atomic mass is 35.5. The molecule has 0 unspecified atom stereocenters. The van der Waals surface area contributed by atoms with Gasteiger partial charge in [0.15, 0.2) is 6.10 Å². The van der Waals surface area contributed by atoms with Crippen molar-refractivity contribution < 1.29 is 14.3 Å². The zero-order valence-electron chi connectivity index (χ0n) is 15.5. The van der Waals surface area contributed by atoms with Crippen LogP contribution in [-0.2, 0) is 22.6 Å². The molecule has 1 atom stereocenters. The molecule has 1 amide bonds. The molecule has 0 fully saturated rings. The molecule has 28 heavy (non-hydrogen) atoms. The molecule has 1 N–H and O–H groups in total. The second-order valence-electron chi connectivity index (χ2n) is 6.24. The zero-order chi connectivity index (χ0) is 20.1. The Morgan fingerprint density at radius 2 is 2.00 bits per heavy atom. The molecule has 2 aromatic heterocycles. The Bertz CT molecular complexity index is 955. The summed E-state index contributed by atoms with van der Waals surface area (Å²) >= 11 is 7.91. The molecule has 0 aliphatic rings. The summed E-state index contributed by atoms with van der Waals surface area (Å²) in [4.78, 5) is 25.8. The standard InChI is InChI=1S/C20H20ClN3O3S/c1-13-17(18(21)24(23-13)12-15-7-4-3-5-8-15)20(26)27-14(2)19(25)22-11-16-9-6-10-28-16/h3-10,14H,11-12H2,1-2H3,(H,22,25)/t14-/m1/s1. The van der Waals surface area contributed by atoms with E-state index in [9.17, 15) is 9.59 Å². The maximum atomic E-state index is 12.6. The van der Waals surface area contributed by atoms with E-state index in [-0.39, 0.29) is 16.6 Å². The number of aromatic nitrogens is 2. The van der Waals surface area contributed by atoms with Gasteiger partial charge >= 0.3 is 5.97 Å². The van der Waals surface area contributed by atoms with Crippen molar-refractivity contribution in [3.8, 4) is 0 Å². The van der Waals surface area contributed by atoms with Crippen LogP contribution in [0.4, 0.5) is 0 Å². The van der Waals surface area contributed by atoms with Crippen molar-refractivity contribution in [2.45, 2.75) is 33.0 Å². The van der Waals surface area contributed by atoms with Gasteiger partial charge < -0.3 is 10.1 Å². The van der Waals surface area contributed by atoms with Gasteiger partial charge in [0.2, 0.25) is 0 Å². The van der Waals surface area contributed by atoms with E-state index in [2.05, 4.69) is 10.4 Å². The normalized spacial score (nSPS) is 11.8. The van der Waals surface area contributed by atoms with Gasteiger partial charge in [0, 0.05) is 4.88 Å². The number of aryl methyl sites for hydroxylation is 1. The Balaban J connectivity index is 1.64. The lowest BCUT2D eigenvalue weighted by Gasteiger charge is -2.13. The molecule has 8 heteroatoms. The number of nitrogens with one attached hydrogen (secondary N) is 1. The van der Waals surface area contributed by atoms with Crippen LogP contribution in [0.25, 0.3) is 0 Å². The third-order valence-electron chi connectivity index (χ3n) is 4.11. The molecule has 0 aliphatic carbocycles. The highest BCUT2D eigenvalue weighted by molar-refractivity contribution is 7.09. The molecule has 6 nitrogen and oxygen atoms in total. The molecule has 0 bridgehead atoms. The number of rotatable bonds is 7. The summed E-state index contributed by atoms with van der Waals surface area (Å²) in [6.45, 7) is 4.04. The minimum Gasteiger partial charge on any atom is -0.449 e. The molecule has 146 valence electrons. The van der Waals surface area contributed by atoms with E-state index in [4.69, 9.17) is 16.3 Å². The van der Waals surface area contributed by atoms with E-state index in [1.165, 1.54) is 6.92 Å². The second kappa shape index (κ2) is 9.03. The summed E-state index contributed by atoms with van der Waals surface area (Å²) in [7, 11) is 0. The van der Waals surface area contributed by atoms with Crippen molar-refractivity contribution in [1.82, 2.24) is 15.1 Å². The average Bonchev–Trinajstić information content (AvgIpc) is 3.28. The molecular formula is C20H20ClN3O3S. The van der Waals surface area contributed by atoms with Crippen LogP contribution in [0.3, 0.4) is 0 Å². The summed E-state index contributed by atoms with van der Waals surface area (Å²) in [5.74, 6) is -1.03. The number of ether oxygens (including phenoxy) is 1. The van der Waals surface area contributed by atoms with Gasteiger partial charge in [0.25, 0.3) is 5.91 Å². The quantitative estimate of drug-likeness (QED) is 0.593. The van der Waals surface area contributed by atoms with Crippen LogP contribution in [0.15, 0.2) is 47.8 Å². The first-order valence-corrected chi connectivity index (χ1v) is 9.99. The fourth-order valence-corrected chi connectivity index (χ4v) is 3.61. The largest absolute Gasteiger partial charge is 0.449 e. The number of carbonyl (C=O) groups is 2. The van der Waals surface area contributed by atoms with Crippen LogP contribution in [0.2, 0.25) is 5.15 Å². The van der Waals surface area contributed by atoms with E-state index in [1.807, 2.05) is 47.8 Å². The van der Waals surface area contributed by atoms with Crippen molar-refractivity contribution in [1.29, 1.82) is 0 Å². The minimum atomic E-state index is -0.944. The van der Waals surface area contributed by atoms with E-state index in [0.29, 0.717) is 18.8 Å². The van der Waals surface area contributed by atoms with Crippen molar-refractivity contribution in [3.05, 3.63) is 74.7 Å². The predicted molar refractivity (Wildman–Crippen MR) is 109 cm³/mol. The Hall–Kier alpha value is -2.64. The van der Waals surface area contributed by atoms with E-state index in [0.717, 1.165) is 10.4 Å². The molecule has 0 saturated carbocycles. The van der Waals surface area contributed by atoms with Crippen LogP contribution in [-0.4, -0.2) is 27.8 Å². The van der Waals surface area contributed by atoms with Gasteiger partial charge in [-0.2, -0.15) is 5.10 Å². The summed E-state index contributed by atoms with van der Waals surface area (Å²) in [5.41, 5.74) is 1.64. The molecule has 0 spiro atoms. The van der Waals surface area contributed by atoms with Gasteiger partial charge in [0.05, 0.1) is 18.8 Å². The number of nitrogens with zero attached hydrogens (tertiary/aromatic N) is 2. The maximum absolute atomic E-state index is 12.6. The number of esters is 1. The van der Waals surface area contributed by atoms with Gasteiger partial charge in [-0.05, 0) is 30.9 Å². The average molecular weight is 418 g/mol. The minimum absolute atomic E-state index is 0.176. The fourth-order valence-electron chi connectivity index (χ4n) is 2.65. The monoisotopic (exact) mass is 417 g/mol. The topological polar surface area (TPSA) is 73.2 Å². The number of benzene rings is 1. The number of thiophene rings is 1. The van der Waals surface area contributed by atoms with Crippen molar-refractivity contribution in [2.24, 2.45) is 0 Å². The third kappa shape index (κ3) is 4.79. The molecule has 0 saturated heterocycles. The third-order valence-corrected chi connectivity index (χ3v) is 5.38. The predicted octanol–water partition coefficient (Wildman–Crippen LogP) is 3.82. The molecule has 3 aromatic rings. The first-order chi connectivity index (χ1) is 13.5. The van der Waals surface area contributed by atoms with Gasteiger partial charge in [-0.15, -0.1) is 11.3 Å². The lowest BCUT2D eigenvalue weighted by atomic mass is 10.2. The summed E-state index contributed by atoms with van der Waals surface area (Å²) < 4.78 is 6.85. The molecular weight excluding hydrogens is 398 g/mol. The molecule has 3 rings (SSSR count). The first kappa shape index (κ1) is 20.1. The van der Waals surface area contributed by atoms with Gasteiger partial charge in [-0.3, -0.25) is 4.79 Å². The van der Waals surface area contributed by atoms with Gasteiger partial charge in [-0.1, -0.05) is 48.0 Å². The van der Waals surface area contributed by atoms with Crippen molar-refractivity contribution in [3.63, 3.8) is 0 Å². The number of hydrogen-bond acceptors (Lipinski definition) is 5. The SMILES string of the molecule is Cc1nn(Cc2ccccc2)c(Cl)c1C(=O)O[C@H](C)C(=O)NCc1cccs1. The van der Waals surface area contributed by atoms with Crippen molar-refractivity contribution in [2.75, 3.05) is 0 Å². The molecule has 0 radical (unpaired) electrons. The zero-order valence-corrected chi connectivity index (χ0v) is 17.1. The van der Waals surface area contributed by atoms with Gasteiger partial charge in [-0.25, -0.2) is 9.48 Å². The van der Waals surface area contributed by atoms with E-state index in [1.54, 1.807) is 22.9 Å². The fraction of sp³-hybridized carbons (Fsp3) is 0.250. The molecule has 1 aromatic carbocycles. The first-order valence-electron chi connectivity index (χ1n) is 8.73. The summed E-state index contributed by atoms with van der Waals surface area (Å²) in [6, 6.07) is 13.5. The van der Waals surface area contributed by atoms with E-state index < -0.39 is 12.1 Å². The van der Waals surface area contributed by atoms with Crippen LogP contribution >= 0.6 is 22.9 Å². The van der Waals surface area contributed by atoms with Crippen LogP contribution in [0.5, 0.6) is 0 Å². The summed E-state index contributed by atoms with van der Waals surface area (Å²) in [5, 5.41) is 9.21. The molecule has 0 aliphatic heterocycles. The van der Waals surface area contributed by atoms with Crippen LogP contribution < -0.4 is 5.32 Å². The van der Waals surface area contributed by atoms with Crippen LogP contribution in [0, 0.1) is 6.92 Å². The Morgan fingerprint density at radius 3 is 2.68 bits per heavy atom. The lowest BCUT2D eigenvalue weighted by molar-refractivity contribution is -0.129. The van der Waals surface area contributed by atoms with Crippen LogP contribution in [0.1, 0.15) is 33.4 Å². The number of halogens is 1. The highest BCUT2D eigenvalue weighted by Gasteiger charge is 2.25. The maximum Gasteiger partial charge on any atom is 0.343 e. The molecule has 2 heterocycles.